The highest BCUT2D eigenvalue weighted by molar-refractivity contribution is 7.89. The van der Waals surface area contributed by atoms with E-state index >= 15 is 0 Å². The number of ether oxygens (including phenoxy) is 1. The van der Waals surface area contributed by atoms with Crippen LogP contribution in [0.25, 0.3) is 0 Å². The molecule has 1 aromatic carbocycles. The summed E-state index contributed by atoms with van der Waals surface area (Å²) in [6, 6.07) is 9.88. The van der Waals surface area contributed by atoms with E-state index < -0.39 is 10.0 Å². The van der Waals surface area contributed by atoms with Crippen molar-refractivity contribution in [3.8, 4) is 0 Å². The highest BCUT2D eigenvalue weighted by atomic mass is 32.2. The summed E-state index contributed by atoms with van der Waals surface area (Å²) in [6.07, 6.45) is 1.77. The van der Waals surface area contributed by atoms with Gasteiger partial charge in [-0.25, -0.2) is 18.1 Å². The smallest absolute Gasteiger partial charge is 0.251 e. The minimum Gasteiger partial charge on any atom is -0.383 e. The third-order valence-corrected chi connectivity index (χ3v) is 6.87. The van der Waals surface area contributed by atoms with E-state index in [0.717, 1.165) is 44.1 Å². The van der Waals surface area contributed by atoms with Gasteiger partial charge >= 0.3 is 0 Å². The molecule has 32 heavy (non-hydrogen) atoms. The lowest BCUT2D eigenvalue weighted by molar-refractivity contribution is 0.0950. The number of hydrogen-bond donors (Lipinski definition) is 2. The first-order chi connectivity index (χ1) is 15.4. The van der Waals surface area contributed by atoms with Gasteiger partial charge in [0.2, 0.25) is 10.0 Å². The zero-order valence-corrected chi connectivity index (χ0v) is 19.4. The number of rotatable bonds is 10. The zero-order chi connectivity index (χ0) is 23.0. The molecule has 10 heteroatoms. The van der Waals surface area contributed by atoms with E-state index in [9.17, 15) is 13.2 Å². The fourth-order valence-corrected chi connectivity index (χ4v) is 4.51. The predicted octanol–water partition coefficient (Wildman–Crippen LogP) is 1.08. The molecular formula is C22H31N5O4S. The maximum atomic E-state index is 12.6. The van der Waals surface area contributed by atoms with Crippen molar-refractivity contribution in [2.24, 2.45) is 0 Å². The number of piperazine rings is 1. The molecule has 0 saturated carbocycles. The second kappa shape index (κ2) is 11.4. The summed E-state index contributed by atoms with van der Waals surface area (Å²) in [5.41, 5.74) is 1.15. The van der Waals surface area contributed by atoms with E-state index in [1.54, 1.807) is 18.3 Å². The number of nitrogens with one attached hydrogen (secondary N) is 2. The average Bonchev–Trinajstić information content (AvgIpc) is 2.83. The fraction of sp³-hybridized carbons (Fsp3) is 0.455. The number of carbonyl (C=O) groups is 1. The molecule has 1 fully saturated rings. The number of nitrogens with zero attached hydrogens (tertiary/aromatic N) is 3. The first-order valence-corrected chi connectivity index (χ1v) is 12.2. The minimum atomic E-state index is -3.70. The molecule has 3 rings (SSSR count). The van der Waals surface area contributed by atoms with Gasteiger partial charge in [0.05, 0.1) is 11.5 Å². The maximum Gasteiger partial charge on any atom is 0.251 e. The predicted molar refractivity (Wildman–Crippen MR) is 123 cm³/mol. The van der Waals surface area contributed by atoms with Crippen LogP contribution >= 0.6 is 0 Å². The summed E-state index contributed by atoms with van der Waals surface area (Å²) in [5, 5.41) is 2.82. The van der Waals surface area contributed by atoms with Gasteiger partial charge in [0, 0.05) is 58.1 Å². The Hall–Kier alpha value is -2.53. The molecule has 1 amide bonds. The van der Waals surface area contributed by atoms with Gasteiger partial charge in [-0.1, -0.05) is 19.1 Å². The molecule has 1 aliphatic rings. The van der Waals surface area contributed by atoms with Crippen molar-refractivity contribution in [3.05, 3.63) is 53.7 Å². The van der Waals surface area contributed by atoms with Crippen LogP contribution in [0.3, 0.4) is 0 Å². The van der Waals surface area contributed by atoms with Gasteiger partial charge < -0.3 is 19.9 Å². The van der Waals surface area contributed by atoms with E-state index in [1.165, 1.54) is 19.2 Å². The minimum absolute atomic E-state index is 0.0374. The van der Waals surface area contributed by atoms with Crippen LogP contribution in [0.1, 0.15) is 22.8 Å². The van der Waals surface area contributed by atoms with Crippen LogP contribution in [-0.2, 0) is 21.3 Å². The number of amides is 1. The Balaban J connectivity index is 1.55. The molecule has 0 radical (unpaired) electrons. The highest BCUT2D eigenvalue weighted by Gasteiger charge is 2.17. The Bertz CT molecular complexity index is 990. The Morgan fingerprint density at radius 2 is 1.94 bits per heavy atom. The molecular weight excluding hydrogens is 430 g/mol. The molecule has 2 heterocycles. The van der Waals surface area contributed by atoms with Gasteiger partial charge in [-0.05, 0) is 36.4 Å². The van der Waals surface area contributed by atoms with Crippen LogP contribution < -0.4 is 14.9 Å². The number of benzene rings is 1. The lowest BCUT2D eigenvalue weighted by Gasteiger charge is -2.34. The van der Waals surface area contributed by atoms with E-state index in [1.807, 2.05) is 12.1 Å². The normalized spacial score (nSPS) is 15.0. The summed E-state index contributed by atoms with van der Waals surface area (Å²) >= 11 is 0. The molecule has 1 saturated heterocycles. The van der Waals surface area contributed by atoms with Gasteiger partial charge in [0.25, 0.3) is 5.91 Å². The Morgan fingerprint density at radius 3 is 2.59 bits per heavy atom. The third-order valence-electron chi connectivity index (χ3n) is 5.41. The van der Waals surface area contributed by atoms with Crippen molar-refractivity contribution < 1.29 is 17.9 Å². The van der Waals surface area contributed by atoms with E-state index in [2.05, 4.69) is 31.7 Å². The van der Waals surface area contributed by atoms with Crippen molar-refractivity contribution in [3.63, 3.8) is 0 Å². The summed E-state index contributed by atoms with van der Waals surface area (Å²) in [5.74, 6) is 0.591. The maximum absolute atomic E-state index is 12.6. The van der Waals surface area contributed by atoms with E-state index in [-0.39, 0.29) is 29.5 Å². The van der Waals surface area contributed by atoms with Crippen LogP contribution in [0, 0.1) is 0 Å². The molecule has 174 valence electrons. The Labute approximate surface area is 189 Å². The SMILES string of the molecule is CCN1CCN(c2ccc(CNC(=O)c3cccc(S(=O)(=O)NCCOC)c3)cn2)CC1. The van der Waals surface area contributed by atoms with Gasteiger partial charge in [0.15, 0.2) is 0 Å². The number of methoxy groups -OCH3 is 1. The number of sulfonamides is 1. The van der Waals surface area contributed by atoms with Gasteiger partial charge in [-0.2, -0.15) is 0 Å². The second-order valence-corrected chi connectivity index (χ2v) is 9.31. The van der Waals surface area contributed by atoms with Gasteiger partial charge in [-0.3, -0.25) is 4.79 Å². The molecule has 0 spiro atoms. The number of pyridine rings is 1. The van der Waals surface area contributed by atoms with Crippen LogP contribution in [-0.4, -0.2) is 77.2 Å². The average molecular weight is 462 g/mol. The largest absolute Gasteiger partial charge is 0.383 e. The summed E-state index contributed by atoms with van der Waals surface area (Å²) in [4.78, 5) is 21.8. The quantitative estimate of drug-likeness (QED) is 0.510. The number of likely N-dealkylation sites (N-methyl/N-ethyl adjacent to an activating group) is 1. The second-order valence-electron chi connectivity index (χ2n) is 7.55. The first kappa shape index (κ1) is 24.1. The van der Waals surface area contributed by atoms with E-state index in [0.29, 0.717) is 6.54 Å². The van der Waals surface area contributed by atoms with Crippen molar-refractivity contribution >= 4 is 21.7 Å². The molecule has 0 bridgehead atoms. The number of carbonyl (C=O) groups excluding carboxylic acids is 1. The summed E-state index contributed by atoms with van der Waals surface area (Å²) in [7, 11) is -2.21. The van der Waals surface area contributed by atoms with Crippen molar-refractivity contribution in [2.45, 2.75) is 18.4 Å². The van der Waals surface area contributed by atoms with E-state index in [4.69, 9.17) is 4.74 Å². The summed E-state index contributed by atoms with van der Waals surface area (Å²) in [6.45, 7) is 7.95. The van der Waals surface area contributed by atoms with Crippen molar-refractivity contribution in [1.29, 1.82) is 0 Å². The number of anilines is 1. The zero-order valence-electron chi connectivity index (χ0n) is 18.6. The molecule has 1 aliphatic heterocycles. The molecule has 0 aliphatic carbocycles. The Kier molecular flexibility index (Phi) is 8.57. The molecule has 9 nitrogen and oxygen atoms in total. The molecule has 0 atom stereocenters. The molecule has 2 N–H and O–H groups in total. The standard InChI is InChI=1S/C22H31N5O4S/c1-3-26-10-12-27(13-11-26)21-8-7-18(16-23-21)17-24-22(28)19-5-4-6-20(15-19)32(29,30)25-9-14-31-2/h4-8,15-16,25H,3,9-14,17H2,1-2H3,(H,24,28). The molecule has 2 aromatic rings. The first-order valence-electron chi connectivity index (χ1n) is 10.7. The van der Waals surface area contributed by atoms with Crippen LogP contribution in [0.2, 0.25) is 0 Å². The number of aromatic nitrogens is 1. The summed E-state index contributed by atoms with van der Waals surface area (Å²) < 4.78 is 32.0. The van der Waals surface area contributed by atoms with Crippen LogP contribution in [0.5, 0.6) is 0 Å². The molecule has 1 aromatic heterocycles. The lowest BCUT2D eigenvalue weighted by atomic mass is 10.2. The van der Waals surface area contributed by atoms with Gasteiger partial charge in [0.1, 0.15) is 5.82 Å². The topological polar surface area (TPSA) is 104 Å². The number of hydrogen-bond acceptors (Lipinski definition) is 7. The highest BCUT2D eigenvalue weighted by Crippen LogP contribution is 2.15. The van der Waals surface area contributed by atoms with Gasteiger partial charge in [-0.15, -0.1) is 0 Å². The van der Waals surface area contributed by atoms with Crippen molar-refractivity contribution in [1.82, 2.24) is 19.9 Å². The third kappa shape index (κ3) is 6.49. The molecule has 0 unspecified atom stereocenters. The lowest BCUT2D eigenvalue weighted by Crippen LogP contribution is -2.46. The van der Waals surface area contributed by atoms with Crippen LogP contribution in [0.4, 0.5) is 5.82 Å². The Morgan fingerprint density at radius 1 is 1.16 bits per heavy atom. The van der Waals surface area contributed by atoms with Crippen molar-refractivity contribution in [2.75, 3.05) is 57.9 Å². The van der Waals surface area contributed by atoms with Crippen LogP contribution in [0.15, 0.2) is 47.5 Å². The monoisotopic (exact) mass is 461 g/mol. The fourth-order valence-electron chi connectivity index (χ4n) is 3.45.